The molecule has 15 heavy (non-hydrogen) atoms. The van der Waals surface area contributed by atoms with Gasteiger partial charge in [0, 0.05) is 21.1 Å². The number of rotatable bonds is 0. The molecule has 0 saturated carbocycles. The van der Waals surface area contributed by atoms with E-state index in [1.54, 1.807) is 0 Å². The molecule has 4 atom stereocenters. The van der Waals surface area contributed by atoms with Crippen LogP contribution < -0.4 is 0 Å². The fourth-order valence-corrected chi connectivity index (χ4v) is 1.12. The molecule has 2 nitrogen and oxygen atoms in total. The smallest absolute Gasteiger partial charge is 0.0811 e. The first-order valence-electron chi connectivity index (χ1n) is 4.92. The molecule has 0 radical (unpaired) electrons. The molecule has 1 saturated heterocycles. The van der Waals surface area contributed by atoms with Gasteiger partial charge in [-0.15, -0.1) is 26.3 Å². The molecule has 0 N–H and O–H groups in total. The third-order valence-corrected chi connectivity index (χ3v) is 2.18. The van der Waals surface area contributed by atoms with Crippen molar-refractivity contribution in [2.24, 2.45) is 0 Å². The predicted molar refractivity (Wildman–Crippen MR) is 62.5 cm³/mol. The van der Waals surface area contributed by atoms with Crippen molar-refractivity contribution in [3.8, 4) is 0 Å². The van der Waals surface area contributed by atoms with E-state index in [-0.39, 0.29) is 45.5 Å². The van der Waals surface area contributed by atoms with E-state index in [9.17, 15) is 0 Å². The summed E-state index contributed by atoms with van der Waals surface area (Å²) < 4.78 is 11.2. The molecule has 4 unspecified atom stereocenters. The molecule has 0 amide bonds. The molecule has 94 valence electrons. The molecular formula is C12H24O2Pt. The zero-order valence-corrected chi connectivity index (χ0v) is 12.5. The van der Waals surface area contributed by atoms with Crippen molar-refractivity contribution >= 4 is 0 Å². The summed E-state index contributed by atoms with van der Waals surface area (Å²) in [6.07, 6.45) is 0.967. The monoisotopic (exact) mass is 395 g/mol. The van der Waals surface area contributed by atoms with Gasteiger partial charge in [-0.2, -0.15) is 0 Å². The summed E-state index contributed by atoms with van der Waals surface area (Å²) in [7, 11) is 0. The predicted octanol–water partition coefficient (Wildman–Crippen LogP) is 3.19. The van der Waals surface area contributed by atoms with Crippen LogP contribution in [-0.4, -0.2) is 24.4 Å². The molecule has 0 aromatic heterocycles. The Morgan fingerprint density at radius 1 is 0.600 bits per heavy atom. The minimum Gasteiger partial charge on any atom is -0.370 e. The van der Waals surface area contributed by atoms with Crippen LogP contribution in [0.3, 0.4) is 0 Å². The molecule has 1 heterocycles. The molecule has 0 aliphatic carbocycles. The van der Waals surface area contributed by atoms with Gasteiger partial charge in [-0.25, -0.2) is 0 Å². The Labute approximate surface area is 109 Å². The van der Waals surface area contributed by atoms with Gasteiger partial charge in [0.15, 0.2) is 0 Å². The van der Waals surface area contributed by atoms with Gasteiger partial charge in [0.25, 0.3) is 0 Å². The van der Waals surface area contributed by atoms with Gasteiger partial charge in [-0.1, -0.05) is 0 Å². The van der Waals surface area contributed by atoms with Gasteiger partial charge in [0.05, 0.1) is 24.4 Å². The SMILES string of the molecule is C=C.C=C.CC1OC(C)C(C)OC1C.[Pt]. The van der Waals surface area contributed by atoms with Gasteiger partial charge >= 0.3 is 0 Å². The second kappa shape index (κ2) is 12.2. The van der Waals surface area contributed by atoms with Crippen LogP contribution in [0, 0.1) is 0 Å². The Kier molecular flexibility index (Phi) is 16.6. The molecule has 1 fully saturated rings. The van der Waals surface area contributed by atoms with Crippen LogP contribution in [0.25, 0.3) is 0 Å². The number of ether oxygens (including phenoxy) is 2. The third-order valence-electron chi connectivity index (χ3n) is 2.18. The molecule has 0 aromatic rings. The van der Waals surface area contributed by atoms with Crippen molar-refractivity contribution in [3.05, 3.63) is 26.3 Å². The third kappa shape index (κ3) is 7.95. The van der Waals surface area contributed by atoms with Crippen LogP contribution in [0.5, 0.6) is 0 Å². The van der Waals surface area contributed by atoms with Crippen LogP contribution in [0.1, 0.15) is 27.7 Å². The minimum atomic E-state index is 0. The Balaban J connectivity index is -0.000000258. The molecular weight excluding hydrogens is 371 g/mol. The van der Waals surface area contributed by atoms with E-state index in [2.05, 4.69) is 26.3 Å². The first-order chi connectivity index (χ1) is 6.61. The van der Waals surface area contributed by atoms with E-state index in [1.165, 1.54) is 0 Å². The summed E-state index contributed by atoms with van der Waals surface area (Å²) in [6.45, 7) is 20.2. The van der Waals surface area contributed by atoms with Crippen molar-refractivity contribution < 1.29 is 30.5 Å². The van der Waals surface area contributed by atoms with Crippen molar-refractivity contribution in [1.82, 2.24) is 0 Å². The largest absolute Gasteiger partial charge is 0.370 e. The fraction of sp³-hybridized carbons (Fsp3) is 0.667. The molecule has 0 bridgehead atoms. The van der Waals surface area contributed by atoms with Gasteiger partial charge in [-0.3, -0.25) is 0 Å². The molecule has 0 spiro atoms. The summed E-state index contributed by atoms with van der Waals surface area (Å²) >= 11 is 0. The Bertz CT molecular complexity index is 114. The maximum Gasteiger partial charge on any atom is 0.0811 e. The number of hydrogen-bond acceptors (Lipinski definition) is 2. The minimum absolute atomic E-state index is 0. The molecule has 3 heteroatoms. The quantitative estimate of drug-likeness (QED) is 0.587. The van der Waals surface area contributed by atoms with Crippen molar-refractivity contribution in [2.75, 3.05) is 0 Å². The molecule has 1 aliphatic rings. The van der Waals surface area contributed by atoms with Gasteiger partial charge < -0.3 is 9.47 Å². The van der Waals surface area contributed by atoms with Crippen LogP contribution in [0.15, 0.2) is 26.3 Å². The first-order valence-corrected chi connectivity index (χ1v) is 4.92. The standard InChI is InChI=1S/C8H16O2.2C2H4.Pt/c1-5-6(2)10-8(4)7(3)9-5;2*1-2;/h5-8H,1-4H3;2*1-2H2;. The van der Waals surface area contributed by atoms with Crippen LogP contribution in [0.4, 0.5) is 0 Å². The van der Waals surface area contributed by atoms with E-state index in [4.69, 9.17) is 9.47 Å². The molecule has 0 aromatic carbocycles. The topological polar surface area (TPSA) is 18.5 Å². The zero-order chi connectivity index (χ0) is 11.7. The average Bonchev–Trinajstić information content (AvgIpc) is 2.21. The van der Waals surface area contributed by atoms with E-state index in [0.717, 1.165) is 0 Å². The van der Waals surface area contributed by atoms with Gasteiger partial charge in [0.1, 0.15) is 0 Å². The first kappa shape index (κ1) is 20.5. The summed E-state index contributed by atoms with van der Waals surface area (Å²) in [5.74, 6) is 0. The van der Waals surface area contributed by atoms with E-state index < -0.39 is 0 Å². The van der Waals surface area contributed by atoms with E-state index >= 15 is 0 Å². The van der Waals surface area contributed by atoms with Crippen molar-refractivity contribution in [2.45, 2.75) is 52.1 Å². The zero-order valence-electron chi connectivity index (χ0n) is 10.3. The van der Waals surface area contributed by atoms with E-state index in [1.807, 2.05) is 27.7 Å². The molecule has 1 rings (SSSR count). The maximum absolute atomic E-state index is 5.59. The van der Waals surface area contributed by atoms with Crippen LogP contribution >= 0.6 is 0 Å². The van der Waals surface area contributed by atoms with Crippen LogP contribution in [-0.2, 0) is 30.5 Å². The second-order valence-corrected chi connectivity index (χ2v) is 3.09. The van der Waals surface area contributed by atoms with Crippen LogP contribution in [0.2, 0.25) is 0 Å². The Morgan fingerprint density at radius 2 is 0.733 bits per heavy atom. The molecule has 1 aliphatic heterocycles. The Morgan fingerprint density at radius 3 is 0.867 bits per heavy atom. The summed E-state index contributed by atoms with van der Waals surface area (Å²) in [5.41, 5.74) is 0. The fourth-order valence-electron chi connectivity index (χ4n) is 1.12. The Hall–Kier alpha value is 0.0883. The van der Waals surface area contributed by atoms with Crippen molar-refractivity contribution in [1.29, 1.82) is 0 Å². The summed E-state index contributed by atoms with van der Waals surface area (Å²) in [5, 5.41) is 0. The second-order valence-electron chi connectivity index (χ2n) is 3.09. The maximum atomic E-state index is 5.59. The van der Waals surface area contributed by atoms with Gasteiger partial charge in [-0.05, 0) is 27.7 Å². The number of hydrogen-bond donors (Lipinski definition) is 0. The normalized spacial score (nSPS) is 33.3. The average molecular weight is 395 g/mol. The van der Waals surface area contributed by atoms with E-state index in [0.29, 0.717) is 0 Å². The van der Waals surface area contributed by atoms with Crippen molar-refractivity contribution in [3.63, 3.8) is 0 Å². The summed E-state index contributed by atoms with van der Waals surface area (Å²) in [4.78, 5) is 0. The summed E-state index contributed by atoms with van der Waals surface area (Å²) in [6, 6.07) is 0. The van der Waals surface area contributed by atoms with Gasteiger partial charge in [0.2, 0.25) is 0 Å².